The van der Waals surface area contributed by atoms with Crippen LogP contribution in [-0.4, -0.2) is 19.8 Å². The molecule has 0 aromatic heterocycles. The molecular formula is C14H20O2. The maximum atomic E-state index is 5.74. The van der Waals surface area contributed by atoms with Crippen molar-refractivity contribution in [3.05, 3.63) is 35.9 Å². The van der Waals surface area contributed by atoms with E-state index in [1.54, 1.807) is 7.11 Å². The van der Waals surface area contributed by atoms with Crippen molar-refractivity contribution in [2.24, 2.45) is 5.92 Å². The summed E-state index contributed by atoms with van der Waals surface area (Å²) in [5.41, 5.74) is 1.25. The number of benzene rings is 1. The number of hydrogen-bond acceptors (Lipinski definition) is 2. The largest absolute Gasteiger partial charge is 0.381 e. The molecule has 88 valence electrons. The molecule has 2 nitrogen and oxygen atoms in total. The third-order valence-corrected chi connectivity index (χ3v) is 3.29. The molecule has 0 spiro atoms. The molecule has 1 aromatic rings. The van der Waals surface area contributed by atoms with Crippen molar-refractivity contribution < 1.29 is 9.47 Å². The van der Waals surface area contributed by atoms with Gasteiger partial charge in [-0.3, -0.25) is 0 Å². The Labute approximate surface area is 97.6 Å². The molecule has 1 aromatic carbocycles. The Kier molecular flexibility index (Phi) is 4.37. The van der Waals surface area contributed by atoms with Crippen LogP contribution in [0.1, 0.15) is 24.8 Å². The molecule has 0 bridgehead atoms. The number of ether oxygens (including phenoxy) is 2. The molecule has 0 saturated heterocycles. The van der Waals surface area contributed by atoms with Gasteiger partial charge in [-0.2, -0.15) is 0 Å². The predicted molar refractivity (Wildman–Crippen MR) is 64.2 cm³/mol. The molecule has 2 rings (SSSR count). The van der Waals surface area contributed by atoms with E-state index in [1.165, 1.54) is 18.4 Å². The fraction of sp³-hybridized carbons (Fsp3) is 0.571. The third kappa shape index (κ3) is 3.32. The monoisotopic (exact) mass is 220 g/mol. The quantitative estimate of drug-likeness (QED) is 0.759. The summed E-state index contributed by atoms with van der Waals surface area (Å²) in [6.07, 6.45) is 4.05. The Morgan fingerprint density at radius 2 is 2.00 bits per heavy atom. The smallest absolute Gasteiger partial charge is 0.0717 e. The zero-order chi connectivity index (χ0) is 11.2. The maximum Gasteiger partial charge on any atom is 0.0717 e. The highest BCUT2D eigenvalue weighted by Gasteiger charge is 2.24. The second kappa shape index (κ2) is 6.02. The predicted octanol–water partition coefficient (Wildman–Crippen LogP) is 3.02. The molecule has 16 heavy (non-hydrogen) atoms. The first-order valence-electron chi connectivity index (χ1n) is 6.03. The summed E-state index contributed by atoms with van der Waals surface area (Å²) >= 11 is 0. The van der Waals surface area contributed by atoms with Crippen LogP contribution in [0.15, 0.2) is 30.3 Å². The van der Waals surface area contributed by atoms with E-state index in [4.69, 9.17) is 9.47 Å². The van der Waals surface area contributed by atoms with Crippen LogP contribution in [0.5, 0.6) is 0 Å². The van der Waals surface area contributed by atoms with Gasteiger partial charge >= 0.3 is 0 Å². The molecule has 1 fully saturated rings. The highest BCUT2D eigenvalue weighted by Crippen LogP contribution is 2.27. The van der Waals surface area contributed by atoms with Gasteiger partial charge in [-0.15, -0.1) is 0 Å². The Morgan fingerprint density at radius 3 is 2.69 bits per heavy atom. The van der Waals surface area contributed by atoms with Crippen molar-refractivity contribution in [3.63, 3.8) is 0 Å². The Bertz CT molecular complexity index is 297. The minimum absolute atomic E-state index is 0.463. The van der Waals surface area contributed by atoms with Gasteiger partial charge in [0.1, 0.15) is 0 Å². The summed E-state index contributed by atoms with van der Waals surface area (Å²) in [7, 11) is 1.80. The Morgan fingerprint density at radius 1 is 1.19 bits per heavy atom. The maximum absolute atomic E-state index is 5.74. The van der Waals surface area contributed by atoms with E-state index >= 15 is 0 Å². The SMILES string of the molecule is COC1CCC(COCc2ccccc2)C1. The second-order valence-electron chi connectivity index (χ2n) is 4.54. The van der Waals surface area contributed by atoms with Gasteiger partial charge in [-0.1, -0.05) is 30.3 Å². The Hall–Kier alpha value is -0.860. The highest BCUT2D eigenvalue weighted by atomic mass is 16.5. The molecular weight excluding hydrogens is 200 g/mol. The van der Waals surface area contributed by atoms with Crippen molar-refractivity contribution in [1.29, 1.82) is 0 Å². The first-order chi connectivity index (χ1) is 7.88. The molecule has 2 heteroatoms. The number of hydrogen-bond donors (Lipinski definition) is 0. The molecule has 0 amide bonds. The summed E-state index contributed by atoms with van der Waals surface area (Å²) in [4.78, 5) is 0. The van der Waals surface area contributed by atoms with Gasteiger partial charge in [0, 0.05) is 13.7 Å². The zero-order valence-electron chi connectivity index (χ0n) is 9.89. The molecule has 0 N–H and O–H groups in total. The van der Waals surface area contributed by atoms with Crippen molar-refractivity contribution >= 4 is 0 Å². The second-order valence-corrected chi connectivity index (χ2v) is 4.54. The van der Waals surface area contributed by atoms with Crippen molar-refractivity contribution in [3.8, 4) is 0 Å². The topological polar surface area (TPSA) is 18.5 Å². The van der Waals surface area contributed by atoms with Crippen LogP contribution in [0.4, 0.5) is 0 Å². The minimum atomic E-state index is 0.463. The van der Waals surface area contributed by atoms with Gasteiger partial charge in [0.05, 0.1) is 12.7 Å². The lowest BCUT2D eigenvalue weighted by atomic mass is 10.1. The first-order valence-corrected chi connectivity index (χ1v) is 6.03. The van der Waals surface area contributed by atoms with Crippen LogP contribution in [0.3, 0.4) is 0 Å². The number of methoxy groups -OCH3 is 1. The lowest BCUT2D eigenvalue weighted by Gasteiger charge is -2.11. The molecule has 0 heterocycles. The van der Waals surface area contributed by atoms with Gasteiger partial charge in [-0.05, 0) is 30.7 Å². The molecule has 0 aliphatic heterocycles. The van der Waals surface area contributed by atoms with Gasteiger partial charge < -0.3 is 9.47 Å². The van der Waals surface area contributed by atoms with E-state index in [2.05, 4.69) is 24.3 Å². The molecule has 1 aliphatic carbocycles. The number of rotatable bonds is 5. The fourth-order valence-electron chi connectivity index (χ4n) is 2.31. The third-order valence-electron chi connectivity index (χ3n) is 3.29. The summed E-state index contributed by atoms with van der Waals surface area (Å²) in [5, 5.41) is 0. The minimum Gasteiger partial charge on any atom is -0.381 e. The van der Waals surface area contributed by atoms with Crippen molar-refractivity contribution in [2.45, 2.75) is 32.0 Å². The van der Waals surface area contributed by atoms with Crippen LogP contribution in [0.2, 0.25) is 0 Å². The van der Waals surface area contributed by atoms with E-state index in [-0.39, 0.29) is 0 Å². The molecule has 1 aliphatic rings. The Balaban J connectivity index is 1.65. The van der Waals surface area contributed by atoms with Gasteiger partial charge in [0.25, 0.3) is 0 Å². The van der Waals surface area contributed by atoms with Crippen LogP contribution in [0.25, 0.3) is 0 Å². The summed E-state index contributed by atoms with van der Waals surface area (Å²) in [6.45, 7) is 1.60. The lowest BCUT2D eigenvalue weighted by Crippen LogP contribution is -2.09. The van der Waals surface area contributed by atoms with Crippen molar-refractivity contribution in [2.75, 3.05) is 13.7 Å². The fourth-order valence-corrected chi connectivity index (χ4v) is 2.31. The van der Waals surface area contributed by atoms with Gasteiger partial charge in [0.2, 0.25) is 0 Å². The highest BCUT2D eigenvalue weighted by molar-refractivity contribution is 5.13. The van der Waals surface area contributed by atoms with Crippen LogP contribution in [-0.2, 0) is 16.1 Å². The molecule has 0 radical (unpaired) electrons. The molecule has 2 unspecified atom stereocenters. The van der Waals surface area contributed by atoms with E-state index in [0.29, 0.717) is 12.0 Å². The van der Waals surface area contributed by atoms with Gasteiger partial charge in [-0.25, -0.2) is 0 Å². The average molecular weight is 220 g/mol. The molecule has 1 saturated carbocycles. The standard InChI is InChI=1S/C14H20O2/c1-15-14-8-7-13(9-14)11-16-10-12-5-3-2-4-6-12/h2-6,13-14H,7-11H2,1H3. The van der Waals surface area contributed by atoms with Crippen LogP contribution in [0, 0.1) is 5.92 Å². The van der Waals surface area contributed by atoms with Crippen LogP contribution >= 0.6 is 0 Å². The summed E-state index contributed by atoms with van der Waals surface area (Å²) < 4.78 is 11.1. The van der Waals surface area contributed by atoms with E-state index in [0.717, 1.165) is 19.6 Å². The van der Waals surface area contributed by atoms with E-state index in [9.17, 15) is 0 Å². The van der Waals surface area contributed by atoms with Crippen molar-refractivity contribution in [1.82, 2.24) is 0 Å². The zero-order valence-corrected chi connectivity index (χ0v) is 9.89. The average Bonchev–Trinajstić information content (AvgIpc) is 2.78. The van der Waals surface area contributed by atoms with Crippen LogP contribution < -0.4 is 0 Å². The van der Waals surface area contributed by atoms with E-state index in [1.807, 2.05) is 6.07 Å². The van der Waals surface area contributed by atoms with Gasteiger partial charge in [0.15, 0.2) is 0 Å². The molecule has 2 atom stereocenters. The normalized spacial score (nSPS) is 24.8. The van der Waals surface area contributed by atoms with E-state index < -0.39 is 0 Å². The summed E-state index contributed by atoms with van der Waals surface area (Å²) in [6, 6.07) is 10.3. The summed E-state index contributed by atoms with van der Waals surface area (Å²) in [5.74, 6) is 0.689. The lowest BCUT2D eigenvalue weighted by molar-refractivity contribution is 0.0716. The first kappa shape index (κ1) is 11.6.